The molecule has 0 radical (unpaired) electrons. The van der Waals surface area contributed by atoms with Gasteiger partial charge in [0.2, 0.25) is 0 Å². The van der Waals surface area contributed by atoms with Crippen molar-refractivity contribution < 1.29 is 0 Å². The Kier molecular flexibility index (Phi) is 8.83. The van der Waals surface area contributed by atoms with Crippen LogP contribution in [0.15, 0.2) is 249 Å². The van der Waals surface area contributed by atoms with Gasteiger partial charge in [-0.05, 0) is 101 Å². The van der Waals surface area contributed by atoms with Crippen molar-refractivity contribution in [3.05, 3.63) is 249 Å². The summed E-state index contributed by atoms with van der Waals surface area (Å²) in [5.74, 6) is 0. The molecule has 2 aromatic heterocycles. The lowest BCUT2D eigenvalue weighted by atomic mass is 9.95. The van der Waals surface area contributed by atoms with Gasteiger partial charge in [-0.15, -0.1) is 0 Å². The summed E-state index contributed by atoms with van der Waals surface area (Å²) in [5, 5.41) is 4.97. The highest BCUT2D eigenvalue weighted by Crippen LogP contribution is 2.45. The summed E-state index contributed by atoms with van der Waals surface area (Å²) in [4.78, 5) is 2.44. The van der Waals surface area contributed by atoms with E-state index in [1.54, 1.807) is 0 Å². The quantitative estimate of drug-likeness (QED) is 0.149. The first kappa shape index (κ1) is 36.5. The molecule has 0 bridgehead atoms. The molecule has 0 aliphatic rings. The molecule has 0 N–H and O–H groups in total. The molecule has 0 aliphatic heterocycles. The zero-order valence-electron chi connectivity index (χ0n) is 34.5. The van der Waals surface area contributed by atoms with Crippen LogP contribution in [-0.2, 0) is 0 Å². The Morgan fingerprint density at radius 1 is 0.254 bits per heavy atom. The van der Waals surface area contributed by atoms with Crippen molar-refractivity contribution in [1.29, 1.82) is 0 Å². The van der Waals surface area contributed by atoms with Gasteiger partial charge in [-0.2, -0.15) is 0 Å². The van der Waals surface area contributed by atoms with E-state index in [-0.39, 0.29) is 0 Å². The second-order valence-electron chi connectivity index (χ2n) is 16.2. The first-order valence-corrected chi connectivity index (χ1v) is 21.6. The van der Waals surface area contributed by atoms with E-state index in [4.69, 9.17) is 0 Å². The molecule has 0 unspecified atom stereocenters. The molecule has 10 aromatic carbocycles. The number of anilines is 3. The first-order chi connectivity index (χ1) is 31.3. The largest absolute Gasteiger partial charge is 0.310 e. The predicted molar refractivity (Wildman–Crippen MR) is 266 cm³/mol. The summed E-state index contributed by atoms with van der Waals surface area (Å²) in [6.07, 6.45) is 0. The summed E-state index contributed by atoms with van der Waals surface area (Å²) >= 11 is 0. The van der Waals surface area contributed by atoms with Crippen molar-refractivity contribution in [2.75, 3.05) is 4.90 Å². The molecule has 12 aromatic rings. The number of hydrogen-bond donors (Lipinski definition) is 0. The summed E-state index contributed by atoms with van der Waals surface area (Å²) in [6.45, 7) is 0. The van der Waals surface area contributed by atoms with Gasteiger partial charge in [0, 0.05) is 49.9 Å². The lowest BCUT2D eigenvalue weighted by molar-refractivity contribution is 1.16. The molecule has 0 saturated heterocycles. The molecule has 2 heterocycles. The Morgan fingerprint density at radius 3 is 1.08 bits per heavy atom. The van der Waals surface area contributed by atoms with Gasteiger partial charge in [-0.1, -0.05) is 176 Å². The maximum atomic E-state index is 2.44. The summed E-state index contributed by atoms with van der Waals surface area (Å²) in [5.41, 5.74) is 17.2. The minimum atomic E-state index is 1.06. The van der Waals surface area contributed by atoms with Gasteiger partial charge in [0.25, 0.3) is 0 Å². The van der Waals surface area contributed by atoms with E-state index in [0.29, 0.717) is 0 Å². The molecule has 3 heteroatoms. The SMILES string of the molecule is c1ccc(-c2ccc(-c3ccc(N(c4cccc(-n5c6ccccc6c6ccccc65)c4)c4cccc(-n5c6ccccc6c6ccccc65)c4)c(-c4ccccc4)c3)cc2)cc1. The number of hydrogen-bond acceptors (Lipinski definition) is 1. The van der Waals surface area contributed by atoms with Gasteiger partial charge in [-0.3, -0.25) is 0 Å². The fourth-order valence-corrected chi connectivity index (χ4v) is 9.62. The smallest absolute Gasteiger partial charge is 0.0541 e. The molecule has 0 saturated carbocycles. The average molecular weight is 804 g/mol. The second kappa shape index (κ2) is 15.3. The standard InChI is InChI=1S/C60H41N3/c1-3-17-42(18-4-1)43-33-35-44(36-34-43)46-37-38-60(55(39-46)45-19-5-2-6-20-45)61(47-21-15-23-49(40-47)62-56-29-11-7-25-51(56)52-26-8-12-30-57(52)62)48-22-16-24-50(41-48)63-58-31-13-9-27-53(58)54-28-10-14-32-59(54)63/h1-41H. The van der Waals surface area contributed by atoms with E-state index in [1.165, 1.54) is 60.3 Å². The highest BCUT2D eigenvalue weighted by Gasteiger charge is 2.21. The number of rotatable bonds is 8. The van der Waals surface area contributed by atoms with Crippen molar-refractivity contribution in [1.82, 2.24) is 9.13 Å². The molecule has 296 valence electrons. The average Bonchev–Trinajstić information content (AvgIpc) is 3.88. The van der Waals surface area contributed by atoms with Crippen molar-refractivity contribution in [2.45, 2.75) is 0 Å². The normalized spacial score (nSPS) is 11.5. The van der Waals surface area contributed by atoms with Crippen LogP contribution >= 0.6 is 0 Å². The van der Waals surface area contributed by atoms with Crippen molar-refractivity contribution in [3.8, 4) is 44.8 Å². The molecule has 0 atom stereocenters. The van der Waals surface area contributed by atoms with E-state index in [2.05, 4.69) is 263 Å². The predicted octanol–water partition coefficient (Wildman–Crippen LogP) is 16.4. The third-order valence-electron chi connectivity index (χ3n) is 12.5. The highest BCUT2D eigenvalue weighted by molar-refractivity contribution is 6.10. The van der Waals surface area contributed by atoms with Crippen LogP contribution in [0.5, 0.6) is 0 Å². The number of benzene rings is 10. The molecular formula is C60H41N3. The molecule has 3 nitrogen and oxygen atoms in total. The summed E-state index contributed by atoms with van der Waals surface area (Å²) in [6, 6.07) is 90.2. The maximum Gasteiger partial charge on any atom is 0.0541 e. The fourth-order valence-electron chi connectivity index (χ4n) is 9.62. The van der Waals surface area contributed by atoms with E-state index >= 15 is 0 Å². The Bertz CT molecular complexity index is 3350. The van der Waals surface area contributed by atoms with Gasteiger partial charge in [0.15, 0.2) is 0 Å². The van der Waals surface area contributed by atoms with E-state index in [1.807, 2.05) is 0 Å². The van der Waals surface area contributed by atoms with E-state index < -0.39 is 0 Å². The molecular weight excluding hydrogens is 763 g/mol. The lowest BCUT2D eigenvalue weighted by Gasteiger charge is -2.29. The van der Waals surface area contributed by atoms with Gasteiger partial charge in [0.05, 0.1) is 27.8 Å². The van der Waals surface area contributed by atoms with Gasteiger partial charge in [-0.25, -0.2) is 0 Å². The topological polar surface area (TPSA) is 13.1 Å². The third-order valence-corrected chi connectivity index (χ3v) is 12.5. The second-order valence-corrected chi connectivity index (χ2v) is 16.2. The molecule has 0 fully saturated rings. The van der Waals surface area contributed by atoms with E-state index in [0.717, 1.165) is 45.1 Å². The van der Waals surface area contributed by atoms with Crippen LogP contribution in [0.25, 0.3) is 88.4 Å². The van der Waals surface area contributed by atoms with Crippen LogP contribution in [0, 0.1) is 0 Å². The molecule has 0 aliphatic carbocycles. The van der Waals surface area contributed by atoms with Crippen LogP contribution in [0.4, 0.5) is 17.1 Å². The Hall–Kier alpha value is -8.40. The van der Waals surface area contributed by atoms with Crippen LogP contribution in [-0.4, -0.2) is 9.13 Å². The van der Waals surface area contributed by atoms with E-state index in [9.17, 15) is 0 Å². The monoisotopic (exact) mass is 803 g/mol. The number of nitrogens with zero attached hydrogens (tertiary/aromatic N) is 3. The van der Waals surface area contributed by atoms with Gasteiger partial charge >= 0.3 is 0 Å². The Balaban J connectivity index is 1.08. The fraction of sp³-hybridized carbons (Fsp3) is 0. The molecule has 0 amide bonds. The maximum absolute atomic E-state index is 2.44. The molecule has 12 rings (SSSR count). The summed E-state index contributed by atoms with van der Waals surface area (Å²) < 4.78 is 4.81. The zero-order valence-corrected chi connectivity index (χ0v) is 34.5. The Labute approximate surface area is 366 Å². The van der Waals surface area contributed by atoms with Crippen LogP contribution < -0.4 is 4.90 Å². The van der Waals surface area contributed by atoms with Gasteiger partial charge in [0.1, 0.15) is 0 Å². The van der Waals surface area contributed by atoms with Crippen molar-refractivity contribution >= 4 is 60.7 Å². The van der Waals surface area contributed by atoms with Gasteiger partial charge < -0.3 is 14.0 Å². The lowest BCUT2D eigenvalue weighted by Crippen LogP contribution is -2.12. The number of aromatic nitrogens is 2. The molecule has 63 heavy (non-hydrogen) atoms. The Morgan fingerprint density at radius 2 is 0.619 bits per heavy atom. The third kappa shape index (κ3) is 6.29. The first-order valence-electron chi connectivity index (χ1n) is 21.6. The van der Waals surface area contributed by atoms with Crippen molar-refractivity contribution in [2.24, 2.45) is 0 Å². The highest BCUT2D eigenvalue weighted by atomic mass is 15.2. The number of para-hydroxylation sites is 4. The van der Waals surface area contributed by atoms with Crippen LogP contribution in [0.3, 0.4) is 0 Å². The number of fused-ring (bicyclic) bond motifs is 6. The summed E-state index contributed by atoms with van der Waals surface area (Å²) in [7, 11) is 0. The minimum Gasteiger partial charge on any atom is -0.310 e. The minimum absolute atomic E-state index is 1.06. The zero-order chi connectivity index (χ0) is 41.7. The van der Waals surface area contributed by atoms with Crippen LogP contribution in [0.2, 0.25) is 0 Å². The van der Waals surface area contributed by atoms with Crippen LogP contribution in [0.1, 0.15) is 0 Å². The van der Waals surface area contributed by atoms with Crippen molar-refractivity contribution in [3.63, 3.8) is 0 Å². The molecule has 0 spiro atoms.